The lowest BCUT2D eigenvalue weighted by Gasteiger charge is -2.19. The monoisotopic (exact) mass is 287 g/mol. The van der Waals surface area contributed by atoms with Crippen LogP contribution in [0.4, 0.5) is 11.7 Å². The third-order valence-electron chi connectivity index (χ3n) is 3.40. The molecule has 0 bridgehead atoms. The van der Waals surface area contributed by atoms with Gasteiger partial charge in [0.1, 0.15) is 12.0 Å². The molecule has 0 unspecified atom stereocenters. The second-order valence-corrected chi connectivity index (χ2v) is 5.48. The van der Waals surface area contributed by atoms with Crippen molar-refractivity contribution in [3.8, 4) is 5.75 Å². The molecule has 0 spiro atoms. The molecule has 0 amide bonds. The van der Waals surface area contributed by atoms with E-state index in [1.165, 1.54) is 0 Å². The molecule has 0 saturated heterocycles. The van der Waals surface area contributed by atoms with Crippen LogP contribution in [-0.2, 0) is 6.54 Å². The summed E-state index contributed by atoms with van der Waals surface area (Å²) in [6.45, 7) is 6.50. The van der Waals surface area contributed by atoms with Crippen LogP contribution in [0.3, 0.4) is 0 Å². The first-order chi connectivity index (χ1) is 10.2. The van der Waals surface area contributed by atoms with Gasteiger partial charge in [0, 0.05) is 19.1 Å². The SMILES string of the molecule is CC(C)NCc1coc(N2CCCOc3ccccc32)n1. The van der Waals surface area contributed by atoms with Gasteiger partial charge in [-0.15, -0.1) is 0 Å². The summed E-state index contributed by atoms with van der Waals surface area (Å²) < 4.78 is 11.4. The van der Waals surface area contributed by atoms with E-state index in [2.05, 4.69) is 29.0 Å². The Labute approximate surface area is 124 Å². The average molecular weight is 287 g/mol. The van der Waals surface area contributed by atoms with Gasteiger partial charge < -0.3 is 14.5 Å². The topological polar surface area (TPSA) is 50.5 Å². The van der Waals surface area contributed by atoms with E-state index in [-0.39, 0.29) is 0 Å². The van der Waals surface area contributed by atoms with E-state index in [0.717, 1.165) is 36.7 Å². The molecule has 21 heavy (non-hydrogen) atoms. The molecule has 3 rings (SSSR count). The largest absolute Gasteiger partial charge is 0.491 e. The number of nitrogens with zero attached hydrogens (tertiary/aromatic N) is 2. The minimum atomic E-state index is 0.428. The number of rotatable bonds is 4. The van der Waals surface area contributed by atoms with Crippen molar-refractivity contribution < 1.29 is 9.15 Å². The van der Waals surface area contributed by atoms with Crippen LogP contribution in [0.5, 0.6) is 5.75 Å². The average Bonchev–Trinajstić information content (AvgIpc) is 2.84. The lowest BCUT2D eigenvalue weighted by Crippen LogP contribution is -2.22. The third kappa shape index (κ3) is 3.19. The maximum atomic E-state index is 5.76. The maximum Gasteiger partial charge on any atom is 0.302 e. The van der Waals surface area contributed by atoms with Crippen LogP contribution in [-0.4, -0.2) is 24.2 Å². The van der Waals surface area contributed by atoms with Crippen molar-refractivity contribution in [1.82, 2.24) is 10.3 Å². The van der Waals surface area contributed by atoms with Gasteiger partial charge in [0.2, 0.25) is 0 Å². The Morgan fingerprint density at radius 2 is 2.19 bits per heavy atom. The Morgan fingerprint density at radius 3 is 3.05 bits per heavy atom. The van der Waals surface area contributed by atoms with Crippen LogP contribution in [0.1, 0.15) is 26.0 Å². The van der Waals surface area contributed by atoms with Crippen molar-refractivity contribution >= 4 is 11.7 Å². The molecule has 1 aromatic heterocycles. The number of hydrogen-bond donors (Lipinski definition) is 1. The summed E-state index contributed by atoms with van der Waals surface area (Å²) in [5.41, 5.74) is 1.93. The van der Waals surface area contributed by atoms with Gasteiger partial charge in [0.05, 0.1) is 18.0 Å². The van der Waals surface area contributed by atoms with Gasteiger partial charge in [-0.05, 0) is 18.6 Å². The predicted octanol–water partition coefficient (Wildman–Crippen LogP) is 3.09. The third-order valence-corrected chi connectivity index (χ3v) is 3.40. The molecule has 112 valence electrons. The normalized spacial score (nSPS) is 14.7. The standard InChI is InChI=1S/C16H21N3O2/c1-12(2)17-10-13-11-21-16(18-13)19-8-5-9-20-15-7-4-3-6-14(15)19/h3-4,6-7,11-12,17H,5,8-10H2,1-2H3. The summed E-state index contributed by atoms with van der Waals surface area (Å²) in [6, 6.07) is 9.07. The van der Waals surface area contributed by atoms with E-state index in [1.807, 2.05) is 24.3 Å². The predicted molar refractivity (Wildman–Crippen MR) is 82.0 cm³/mol. The van der Waals surface area contributed by atoms with E-state index in [4.69, 9.17) is 9.15 Å². The van der Waals surface area contributed by atoms with Crippen molar-refractivity contribution in [2.45, 2.75) is 32.9 Å². The molecule has 2 heterocycles. The van der Waals surface area contributed by atoms with Gasteiger partial charge in [-0.1, -0.05) is 26.0 Å². The zero-order chi connectivity index (χ0) is 14.7. The van der Waals surface area contributed by atoms with Gasteiger partial charge in [-0.2, -0.15) is 4.98 Å². The highest BCUT2D eigenvalue weighted by molar-refractivity contribution is 5.65. The Hall–Kier alpha value is -2.01. The zero-order valence-electron chi connectivity index (χ0n) is 12.5. The van der Waals surface area contributed by atoms with Gasteiger partial charge in [-0.3, -0.25) is 4.90 Å². The fourth-order valence-electron chi connectivity index (χ4n) is 2.34. The number of anilines is 2. The smallest absolute Gasteiger partial charge is 0.302 e. The van der Waals surface area contributed by atoms with Crippen LogP contribution in [0.15, 0.2) is 34.9 Å². The summed E-state index contributed by atoms with van der Waals surface area (Å²) in [4.78, 5) is 6.67. The van der Waals surface area contributed by atoms with E-state index < -0.39 is 0 Å². The molecule has 1 aliphatic heterocycles. The minimum absolute atomic E-state index is 0.428. The highest BCUT2D eigenvalue weighted by atomic mass is 16.5. The van der Waals surface area contributed by atoms with Crippen molar-refractivity contribution in [3.63, 3.8) is 0 Å². The van der Waals surface area contributed by atoms with Crippen LogP contribution < -0.4 is 15.0 Å². The maximum absolute atomic E-state index is 5.76. The lowest BCUT2D eigenvalue weighted by atomic mass is 10.2. The van der Waals surface area contributed by atoms with Gasteiger partial charge in [0.25, 0.3) is 0 Å². The van der Waals surface area contributed by atoms with Gasteiger partial charge in [-0.25, -0.2) is 0 Å². The van der Waals surface area contributed by atoms with Crippen LogP contribution in [0.25, 0.3) is 0 Å². The second-order valence-electron chi connectivity index (χ2n) is 5.48. The Bertz CT molecular complexity index is 595. The van der Waals surface area contributed by atoms with E-state index in [0.29, 0.717) is 18.6 Å². The molecule has 0 saturated carbocycles. The first-order valence-corrected chi connectivity index (χ1v) is 7.41. The molecule has 1 aliphatic rings. The summed E-state index contributed by atoms with van der Waals surface area (Å²) in [7, 11) is 0. The van der Waals surface area contributed by atoms with Crippen molar-refractivity contribution in [1.29, 1.82) is 0 Å². The van der Waals surface area contributed by atoms with E-state index in [1.54, 1.807) is 6.26 Å². The number of oxazole rings is 1. The quantitative estimate of drug-likeness (QED) is 0.936. The second kappa shape index (κ2) is 6.18. The molecule has 0 fully saturated rings. The van der Waals surface area contributed by atoms with Gasteiger partial charge >= 0.3 is 6.01 Å². The zero-order valence-corrected chi connectivity index (χ0v) is 12.5. The van der Waals surface area contributed by atoms with Crippen molar-refractivity contribution in [3.05, 3.63) is 36.2 Å². The van der Waals surface area contributed by atoms with E-state index >= 15 is 0 Å². The number of ether oxygens (including phenoxy) is 1. The first-order valence-electron chi connectivity index (χ1n) is 7.41. The van der Waals surface area contributed by atoms with Crippen molar-refractivity contribution in [2.75, 3.05) is 18.1 Å². The molecule has 2 aromatic rings. The summed E-state index contributed by atoms with van der Waals surface area (Å²) in [5.74, 6) is 0.884. The molecular formula is C16H21N3O2. The minimum Gasteiger partial charge on any atom is -0.491 e. The van der Waals surface area contributed by atoms with Crippen molar-refractivity contribution in [2.24, 2.45) is 0 Å². The number of aromatic nitrogens is 1. The number of benzene rings is 1. The Balaban J connectivity index is 1.83. The van der Waals surface area contributed by atoms with Crippen LogP contribution in [0, 0.1) is 0 Å². The molecule has 0 aliphatic carbocycles. The molecule has 1 N–H and O–H groups in total. The fourth-order valence-corrected chi connectivity index (χ4v) is 2.34. The summed E-state index contributed by atoms with van der Waals surface area (Å²) in [6.07, 6.45) is 2.66. The fraction of sp³-hybridized carbons (Fsp3) is 0.438. The summed E-state index contributed by atoms with van der Waals surface area (Å²) in [5, 5.41) is 3.34. The Kier molecular flexibility index (Phi) is 4.10. The summed E-state index contributed by atoms with van der Waals surface area (Å²) >= 11 is 0. The highest BCUT2D eigenvalue weighted by Crippen LogP contribution is 2.35. The molecule has 1 aromatic carbocycles. The van der Waals surface area contributed by atoms with Crippen LogP contribution in [0.2, 0.25) is 0 Å². The number of nitrogens with one attached hydrogen (secondary N) is 1. The number of fused-ring (bicyclic) bond motifs is 1. The first kappa shape index (κ1) is 13.9. The van der Waals surface area contributed by atoms with E-state index in [9.17, 15) is 0 Å². The molecule has 5 nitrogen and oxygen atoms in total. The number of para-hydroxylation sites is 2. The molecule has 5 heteroatoms. The number of hydrogen-bond acceptors (Lipinski definition) is 5. The van der Waals surface area contributed by atoms with Gasteiger partial charge in [0.15, 0.2) is 0 Å². The van der Waals surface area contributed by atoms with Crippen LogP contribution >= 0.6 is 0 Å². The lowest BCUT2D eigenvalue weighted by molar-refractivity contribution is 0.322. The molecular weight excluding hydrogens is 266 g/mol. The molecule has 0 atom stereocenters. The molecule has 0 radical (unpaired) electrons. The highest BCUT2D eigenvalue weighted by Gasteiger charge is 2.21. The Morgan fingerprint density at radius 1 is 1.33 bits per heavy atom.